The van der Waals surface area contributed by atoms with Gasteiger partial charge in [0.1, 0.15) is 0 Å². The van der Waals surface area contributed by atoms with Crippen LogP contribution < -0.4 is 34.7 Å². The van der Waals surface area contributed by atoms with Gasteiger partial charge in [-0.1, -0.05) is 7.43 Å². The molecule has 32 heavy (non-hydrogen) atoms. The second-order valence-electron chi connectivity index (χ2n) is 6.05. The zero-order chi connectivity index (χ0) is 22.8. The Labute approximate surface area is 187 Å². The van der Waals surface area contributed by atoms with Gasteiger partial charge in [0.15, 0.2) is 36.2 Å². The first-order valence-electron chi connectivity index (χ1n) is 9.32. The van der Waals surface area contributed by atoms with E-state index >= 15 is 0 Å². The molecule has 10 nitrogen and oxygen atoms in total. The number of rotatable bonds is 11. The van der Waals surface area contributed by atoms with Gasteiger partial charge in [-0.3, -0.25) is 4.79 Å². The van der Waals surface area contributed by atoms with Crippen LogP contribution in [0, 0.1) is 0 Å². The predicted molar refractivity (Wildman–Crippen MR) is 120 cm³/mol. The zero-order valence-corrected chi connectivity index (χ0v) is 17.9. The molecule has 1 amide bonds. The lowest BCUT2D eigenvalue weighted by atomic mass is 10.2. The fraction of sp³-hybridized carbons (Fsp3) is 0.364. The van der Waals surface area contributed by atoms with Gasteiger partial charge in [-0.2, -0.15) is 0 Å². The molecule has 2 aromatic rings. The third-order valence-electron chi connectivity index (χ3n) is 3.93. The number of benzene rings is 2. The van der Waals surface area contributed by atoms with E-state index in [-0.39, 0.29) is 38.7 Å². The molecule has 0 heterocycles. The fourth-order valence-corrected chi connectivity index (χ4v) is 2.59. The third kappa shape index (κ3) is 7.15. The van der Waals surface area contributed by atoms with Crippen LogP contribution in [0.25, 0.3) is 0 Å². The first-order valence-corrected chi connectivity index (χ1v) is 9.32. The molecule has 0 bridgehead atoms. The second kappa shape index (κ2) is 12.8. The summed E-state index contributed by atoms with van der Waals surface area (Å²) in [5, 5.41) is 2.69. The molecule has 0 aromatic heterocycles. The van der Waals surface area contributed by atoms with Gasteiger partial charge in [-0.25, -0.2) is 4.79 Å². The average Bonchev–Trinajstić information content (AvgIpc) is 2.76. The van der Waals surface area contributed by atoms with Crippen LogP contribution in [0.5, 0.6) is 28.7 Å². The fourth-order valence-electron chi connectivity index (χ4n) is 2.59. The van der Waals surface area contributed by atoms with Gasteiger partial charge < -0.3 is 39.5 Å². The standard InChI is InChI=1S/C21H26N2O8.CH4/c1-5-29-20(25)12-31-16-8-13(22)6-7-15(16)30-11-19(24)23-14-9-17(26-2)21(28-4)18(10-14)27-3;/h6-10H,5,11-12,22H2,1-4H3,(H,23,24);1H4. The van der Waals surface area contributed by atoms with E-state index in [9.17, 15) is 9.59 Å². The van der Waals surface area contributed by atoms with Gasteiger partial charge in [-0.05, 0) is 19.1 Å². The number of hydrogen-bond acceptors (Lipinski definition) is 9. The largest absolute Gasteiger partial charge is 0.493 e. The van der Waals surface area contributed by atoms with E-state index in [0.717, 1.165) is 0 Å². The number of nitrogens with one attached hydrogen (secondary N) is 1. The number of methoxy groups -OCH3 is 3. The monoisotopic (exact) mass is 450 g/mol. The Morgan fingerprint density at radius 3 is 2.06 bits per heavy atom. The van der Waals surface area contributed by atoms with Crippen molar-refractivity contribution in [3.05, 3.63) is 30.3 Å². The van der Waals surface area contributed by atoms with E-state index in [1.807, 2.05) is 0 Å². The van der Waals surface area contributed by atoms with Crippen molar-refractivity contribution in [2.75, 3.05) is 52.2 Å². The lowest BCUT2D eigenvalue weighted by molar-refractivity contribution is -0.145. The molecule has 2 aromatic carbocycles. The Kier molecular flexibility index (Phi) is 10.5. The number of ether oxygens (including phenoxy) is 6. The number of esters is 1. The van der Waals surface area contributed by atoms with Crippen LogP contribution in [0.3, 0.4) is 0 Å². The molecule has 0 aliphatic rings. The van der Waals surface area contributed by atoms with Crippen LogP contribution in [-0.4, -0.2) is 53.0 Å². The molecular weight excluding hydrogens is 420 g/mol. The lowest BCUT2D eigenvalue weighted by Gasteiger charge is -2.15. The van der Waals surface area contributed by atoms with Gasteiger partial charge in [-0.15, -0.1) is 0 Å². The maximum absolute atomic E-state index is 12.4. The number of hydrogen-bond donors (Lipinski definition) is 2. The Bertz CT molecular complexity index is 892. The van der Waals surface area contributed by atoms with Gasteiger partial charge in [0, 0.05) is 29.6 Å². The Morgan fingerprint density at radius 1 is 0.875 bits per heavy atom. The van der Waals surface area contributed by atoms with Crippen molar-refractivity contribution in [3.63, 3.8) is 0 Å². The SMILES string of the molecule is C.CCOC(=O)COc1cc(N)ccc1OCC(=O)Nc1cc(OC)c(OC)c(OC)c1. The molecule has 0 unspecified atom stereocenters. The number of nitrogens with two attached hydrogens (primary N) is 1. The maximum atomic E-state index is 12.4. The number of carbonyl (C=O) groups excluding carboxylic acids is 2. The highest BCUT2D eigenvalue weighted by molar-refractivity contribution is 5.92. The Balaban J connectivity index is 0.00000512. The van der Waals surface area contributed by atoms with E-state index in [1.54, 1.807) is 31.2 Å². The molecule has 0 radical (unpaired) electrons. The normalized spacial score (nSPS) is 9.75. The summed E-state index contributed by atoms with van der Waals surface area (Å²) >= 11 is 0. The summed E-state index contributed by atoms with van der Waals surface area (Å²) in [6.07, 6.45) is 0. The molecular formula is C22H30N2O8. The molecule has 0 atom stereocenters. The first kappa shape index (κ1) is 26.2. The van der Waals surface area contributed by atoms with Crippen molar-refractivity contribution in [2.24, 2.45) is 0 Å². The molecule has 0 aliphatic heterocycles. The predicted octanol–water partition coefficient (Wildman–Crippen LogP) is 2.89. The van der Waals surface area contributed by atoms with E-state index in [2.05, 4.69) is 5.32 Å². The number of amides is 1. The van der Waals surface area contributed by atoms with Crippen molar-refractivity contribution in [3.8, 4) is 28.7 Å². The molecule has 2 rings (SSSR count). The minimum atomic E-state index is -0.531. The maximum Gasteiger partial charge on any atom is 0.344 e. The summed E-state index contributed by atoms with van der Waals surface area (Å²) in [6.45, 7) is 1.30. The summed E-state index contributed by atoms with van der Waals surface area (Å²) in [5.74, 6) is 0.688. The van der Waals surface area contributed by atoms with Crippen molar-refractivity contribution in [1.29, 1.82) is 0 Å². The minimum Gasteiger partial charge on any atom is -0.493 e. The van der Waals surface area contributed by atoms with Crippen molar-refractivity contribution in [2.45, 2.75) is 14.4 Å². The van der Waals surface area contributed by atoms with Crippen LogP contribution in [-0.2, 0) is 14.3 Å². The van der Waals surface area contributed by atoms with Gasteiger partial charge in [0.05, 0.1) is 27.9 Å². The molecule has 0 aliphatic carbocycles. The van der Waals surface area contributed by atoms with Crippen LogP contribution in [0.4, 0.5) is 11.4 Å². The number of nitrogen functional groups attached to an aromatic ring is 1. The summed E-state index contributed by atoms with van der Waals surface area (Å²) < 4.78 is 31.6. The molecule has 0 fully saturated rings. The summed E-state index contributed by atoms with van der Waals surface area (Å²) in [4.78, 5) is 23.9. The lowest BCUT2D eigenvalue weighted by Crippen LogP contribution is -2.21. The van der Waals surface area contributed by atoms with Crippen LogP contribution in [0.15, 0.2) is 30.3 Å². The summed E-state index contributed by atoms with van der Waals surface area (Å²) in [7, 11) is 4.44. The van der Waals surface area contributed by atoms with Crippen molar-refractivity contribution in [1.82, 2.24) is 0 Å². The van der Waals surface area contributed by atoms with Crippen LogP contribution >= 0.6 is 0 Å². The van der Waals surface area contributed by atoms with Crippen LogP contribution in [0.2, 0.25) is 0 Å². The summed E-state index contributed by atoms with van der Waals surface area (Å²) in [5.41, 5.74) is 6.60. The zero-order valence-electron chi connectivity index (χ0n) is 17.9. The van der Waals surface area contributed by atoms with Gasteiger partial charge in [0.2, 0.25) is 5.75 Å². The third-order valence-corrected chi connectivity index (χ3v) is 3.93. The highest BCUT2D eigenvalue weighted by Gasteiger charge is 2.16. The molecule has 10 heteroatoms. The van der Waals surface area contributed by atoms with E-state index < -0.39 is 11.9 Å². The highest BCUT2D eigenvalue weighted by atomic mass is 16.6. The number of anilines is 2. The van der Waals surface area contributed by atoms with Crippen molar-refractivity contribution < 1.29 is 38.0 Å². The molecule has 3 N–H and O–H groups in total. The topological polar surface area (TPSA) is 128 Å². The molecule has 0 saturated carbocycles. The Morgan fingerprint density at radius 2 is 1.50 bits per heavy atom. The smallest absolute Gasteiger partial charge is 0.344 e. The molecule has 176 valence electrons. The van der Waals surface area contributed by atoms with Gasteiger partial charge >= 0.3 is 5.97 Å². The minimum absolute atomic E-state index is 0. The highest BCUT2D eigenvalue weighted by Crippen LogP contribution is 2.40. The van der Waals surface area contributed by atoms with Gasteiger partial charge in [0.25, 0.3) is 5.91 Å². The van der Waals surface area contributed by atoms with Crippen LogP contribution in [0.1, 0.15) is 14.4 Å². The quantitative estimate of drug-likeness (QED) is 0.392. The average molecular weight is 450 g/mol. The van der Waals surface area contributed by atoms with E-state index in [0.29, 0.717) is 28.6 Å². The summed E-state index contributed by atoms with van der Waals surface area (Å²) in [6, 6.07) is 7.81. The second-order valence-corrected chi connectivity index (χ2v) is 6.05. The number of carbonyl (C=O) groups is 2. The first-order chi connectivity index (χ1) is 14.9. The van der Waals surface area contributed by atoms with E-state index in [1.165, 1.54) is 27.4 Å². The molecule has 0 saturated heterocycles. The van der Waals surface area contributed by atoms with E-state index in [4.69, 9.17) is 34.2 Å². The molecule has 0 spiro atoms. The van der Waals surface area contributed by atoms with Crippen molar-refractivity contribution >= 4 is 23.3 Å². The Hall–Kier alpha value is -3.82.